The van der Waals surface area contributed by atoms with Crippen molar-refractivity contribution in [3.05, 3.63) is 83.3 Å². The van der Waals surface area contributed by atoms with Crippen molar-refractivity contribution >= 4 is 12.0 Å². The van der Waals surface area contributed by atoms with E-state index in [9.17, 15) is 4.79 Å². The number of ether oxygens (including phenoxy) is 2. The van der Waals surface area contributed by atoms with Crippen LogP contribution in [0.25, 0.3) is 6.08 Å². The molecule has 3 aromatic rings. The van der Waals surface area contributed by atoms with Crippen molar-refractivity contribution in [2.75, 3.05) is 13.3 Å². The predicted octanol–water partition coefficient (Wildman–Crippen LogP) is 4.01. The van der Waals surface area contributed by atoms with Gasteiger partial charge in [0.15, 0.2) is 23.0 Å². The van der Waals surface area contributed by atoms with E-state index in [4.69, 9.17) is 14.0 Å². The minimum absolute atomic E-state index is 0.229. The molecule has 1 saturated carbocycles. The first-order valence-electron chi connectivity index (χ1n) is 10.8. The maximum Gasteiger partial charge on any atom is 0.273 e. The van der Waals surface area contributed by atoms with E-state index >= 15 is 0 Å². The Morgan fingerprint density at radius 2 is 1.94 bits per heavy atom. The highest BCUT2D eigenvalue weighted by molar-refractivity contribution is 5.92. The normalized spacial score (nSPS) is 14.9. The zero-order valence-corrected chi connectivity index (χ0v) is 17.7. The summed E-state index contributed by atoms with van der Waals surface area (Å²) in [6.45, 7) is 2.06. The monoisotopic (exact) mass is 431 g/mol. The maximum atomic E-state index is 12.5. The fourth-order valence-electron chi connectivity index (χ4n) is 3.69. The topological polar surface area (TPSA) is 76.8 Å². The molecule has 32 heavy (non-hydrogen) atoms. The van der Waals surface area contributed by atoms with Gasteiger partial charge >= 0.3 is 0 Å². The van der Waals surface area contributed by atoms with Crippen molar-refractivity contribution in [1.29, 1.82) is 0 Å². The van der Waals surface area contributed by atoms with E-state index in [0.29, 0.717) is 30.6 Å². The van der Waals surface area contributed by atoms with E-state index < -0.39 is 0 Å². The summed E-state index contributed by atoms with van der Waals surface area (Å²) in [6.07, 6.45) is 6.68. The molecule has 0 unspecified atom stereocenters. The first-order chi connectivity index (χ1) is 15.7. The fourth-order valence-corrected chi connectivity index (χ4v) is 3.69. The van der Waals surface area contributed by atoms with Crippen LogP contribution in [0.5, 0.6) is 11.5 Å². The second-order valence-electron chi connectivity index (χ2n) is 8.02. The van der Waals surface area contributed by atoms with Gasteiger partial charge in [-0.05, 0) is 36.1 Å². The molecule has 7 nitrogen and oxygen atoms in total. The zero-order chi connectivity index (χ0) is 21.8. The highest BCUT2D eigenvalue weighted by Gasteiger charge is 2.29. The van der Waals surface area contributed by atoms with Crippen molar-refractivity contribution in [3.63, 3.8) is 0 Å². The number of rotatable bonds is 9. The van der Waals surface area contributed by atoms with Crippen molar-refractivity contribution in [2.45, 2.75) is 32.0 Å². The van der Waals surface area contributed by atoms with Crippen molar-refractivity contribution in [2.24, 2.45) is 0 Å². The Balaban J connectivity index is 1.15. The first kappa shape index (κ1) is 20.3. The highest BCUT2D eigenvalue weighted by Crippen LogP contribution is 2.32. The minimum Gasteiger partial charge on any atom is -0.454 e. The van der Waals surface area contributed by atoms with Gasteiger partial charge in [0, 0.05) is 25.2 Å². The molecule has 1 aliphatic heterocycles. The van der Waals surface area contributed by atoms with Crippen LogP contribution in [0.15, 0.2) is 65.2 Å². The number of hydrogen-bond donors (Lipinski definition) is 1. The van der Waals surface area contributed by atoms with Crippen LogP contribution in [-0.4, -0.2) is 35.3 Å². The Bertz CT molecular complexity index is 1110. The lowest BCUT2D eigenvalue weighted by Gasteiger charge is -2.18. The molecule has 1 N–H and O–H groups in total. The lowest BCUT2D eigenvalue weighted by Crippen LogP contribution is -2.25. The number of carbonyl (C=O) groups is 1. The standard InChI is InChI=1S/C25H25N3O4/c29-25(26-15-19-8-11-23-24(13-19)31-17-30-23)22-14-21(32-27-22)16-28(20-9-10-20)12-4-7-18-5-2-1-3-6-18/h1-8,11,13-14,20H,9-10,12,15-17H2,(H,26,29). The van der Waals surface area contributed by atoms with Gasteiger partial charge in [0.25, 0.3) is 5.91 Å². The van der Waals surface area contributed by atoms with Crippen LogP contribution in [0.4, 0.5) is 0 Å². The molecule has 1 aromatic heterocycles. The van der Waals surface area contributed by atoms with Gasteiger partial charge in [0.05, 0.1) is 6.54 Å². The molecule has 0 radical (unpaired) electrons. The molecular weight excluding hydrogens is 406 g/mol. The number of hydrogen-bond acceptors (Lipinski definition) is 6. The van der Waals surface area contributed by atoms with Crippen molar-refractivity contribution in [3.8, 4) is 11.5 Å². The van der Waals surface area contributed by atoms with Gasteiger partial charge in [0.2, 0.25) is 6.79 Å². The number of aromatic nitrogens is 1. The molecule has 5 rings (SSSR count). The van der Waals surface area contributed by atoms with Crippen LogP contribution in [0.3, 0.4) is 0 Å². The molecule has 2 heterocycles. The average molecular weight is 431 g/mol. The molecule has 1 fully saturated rings. The van der Waals surface area contributed by atoms with Gasteiger partial charge in [-0.15, -0.1) is 0 Å². The van der Waals surface area contributed by atoms with Crippen molar-refractivity contribution < 1.29 is 18.8 Å². The summed E-state index contributed by atoms with van der Waals surface area (Å²) < 4.78 is 16.1. The summed E-state index contributed by atoms with van der Waals surface area (Å²) in [5.74, 6) is 1.85. The molecule has 2 aliphatic rings. The van der Waals surface area contributed by atoms with Crippen LogP contribution in [-0.2, 0) is 13.1 Å². The molecule has 0 bridgehead atoms. The lowest BCUT2D eigenvalue weighted by atomic mass is 10.2. The Hall–Kier alpha value is -3.58. The molecule has 164 valence electrons. The van der Waals surface area contributed by atoms with Crippen LogP contribution in [0.1, 0.15) is 40.2 Å². The SMILES string of the molecule is O=C(NCc1ccc2c(c1)OCO2)c1cc(CN(CC=Cc2ccccc2)C2CC2)on1. The Labute approximate surface area is 186 Å². The van der Waals surface area contributed by atoms with Gasteiger partial charge in [-0.1, -0.05) is 53.7 Å². The van der Waals surface area contributed by atoms with E-state index in [1.54, 1.807) is 6.07 Å². The molecule has 1 amide bonds. The van der Waals surface area contributed by atoms with Gasteiger partial charge < -0.3 is 19.3 Å². The summed E-state index contributed by atoms with van der Waals surface area (Å²) in [4.78, 5) is 14.9. The van der Waals surface area contributed by atoms with E-state index in [2.05, 4.69) is 39.7 Å². The van der Waals surface area contributed by atoms with Crippen LogP contribution in [0.2, 0.25) is 0 Å². The van der Waals surface area contributed by atoms with Gasteiger partial charge in [-0.2, -0.15) is 0 Å². The smallest absolute Gasteiger partial charge is 0.273 e. The number of carbonyl (C=O) groups excluding carboxylic acids is 1. The van der Waals surface area contributed by atoms with E-state index in [1.807, 2.05) is 36.4 Å². The number of nitrogens with one attached hydrogen (secondary N) is 1. The molecule has 2 aromatic carbocycles. The quantitative estimate of drug-likeness (QED) is 0.552. The van der Waals surface area contributed by atoms with E-state index in [-0.39, 0.29) is 18.4 Å². The van der Waals surface area contributed by atoms with Crippen LogP contribution >= 0.6 is 0 Å². The third-order valence-electron chi connectivity index (χ3n) is 5.55. The third-order valence-corrected chi connectivity index (χ3v) is 5.55. The average Bonchev–Trinajstić information content (AvgIpc) is 3.37. The Morgan fingerprint density at radius 3 is 2.78 bits per heavy atom. The number of fused-ring (bicyclic) bond motifs is 1. The molecule has 1 aliphatic carbocycles. The predicted molar refractivity (Wildman–Crippen MR) is 119 cm³/mol. The number of benzene rings is 2. The largest absolute Gasteiger partial charge is 0.454 e. The summed E-state index contributed by atoms with van der Waals surface area (Å²) >= 11 is 0. The highest BCUT2D eigenvalue weighted by atomic mass is 16.7. The van der Waals surface area contributed by atoms with Gasteiger partial charge in [-0.3, -0.25) is 9.69 Å². The Kier molecular flexibility index (Phi) is 5.89. The summed E-state index contributed by atoms with van der Waals surface area (Å²) in [5.41, 5.74) is 2.40. The van der Waals surface area contributed by atoms with E-state index in [1.165, 1.54) is 18.4 Å². The Morgan fingerprint density at radius 1 is 1.09 bits per heavy atom. The second kappa shape index (κ2) is 9.28. The van der Waals surface area contributed by atoms with Crippen LogP contribution in [0, 0.1) is 0 Å². The van der Waals surface area contributed by atoms with Crippen molar-refractivity contribution in [1.82, 2.24) is 15.4 Å². The molecule has 0 atom stereocenters. The first-order valence-corrected chi connectivity index (χ1v) is 10.8. The van der Waals surface area contributed by atoms with E-state index in [0.717, 1.165) is 17.9 Å². The molecule has 0 saturated heterocycles. The summed E-state index contributed by atoms with van der Waals surface area (Å²) in [6, 6.07) is 18.2. The second-order valence-corrected chi connectivity index (χ2v) is 8.02. The zero-order valence-electron chi connectivity index (χ0n) is 17.7. The third kappa shape index (κ3) is 5.00. The van der Waals surface area contributed by atoms with Gasteiger partial charge in [-0.25, -0.2) is 0 Å². The van der Waals surface area contributed by atoms with Gasteiger partial charge in [0.1, 0.15) is 0 Å². The molecular formula is C25H25N3O4. The lowest BCUT2D eigenvalue weighted by molar-refractivity contribution is 0.0941. The maximum absolute atomic E-state index is 12.5. The summed E-state index contributed by atoms with van der Waals surface area (Å²) in [7, 11) is 0. The minimum atomic E-state index is -0.264. The molecule has 0 spiro atoms. The fraction of sp³-hybridized carbons (Fsp3) is 0.280. The number of amides is 1. The number of nitrogens with zero attached hydrogens (tertiary/aromatic N) is 2. The molecule has 7 heteroatoms. The summed E-state index contributed by atoms with van der Waals surface area (Å²) in [5, 5.41) is 6.85. The van der Waals surface area contributed by atoms with Crippen LogP contribution < -0.4 is 14.8 Å².